The van der Waals surface area contributed by atoms with E-state index in [1.807, 2.05) is 6.07 Å². The van der Waals surface area contributed by atoms with Crippen molar-refractivity contribution in [2.24, 2.45) is 0 Å². The first-order chi connectivity index (χ1) is 11.3. The summed E-state index contributed by atoms with van der Waals surface area (Å²) in [7, 11) is 2.23. The summed E-state index contributed by atoms with van der Waals surface area (Å²) in [5.74, 6) is 7.08. The van der Waals surface area contributed by atoms with Crippen LogP contribution in [0.4, 0.5) is 0 Å². The van der Waals surface area contributed by atoms with E-state index in [1.54, 1.807) is 0 Å². The molecule has 0 radical (unpaired) electrons. The van der Waals surface area contributed by atoms with Crippen molar-refractivity contribution in [3.05, 3.63) is 71.8 Å². The Kier molecular flexibility index (Phi) is 5.16. The van der Waals surface area contributed by atoms with E-state index in [0.29, 0.717) is 0 Å². The van der Waals surface area contributed by atoms with Gasteiger partial charge in [0.15, 0.2) is 0 Å². The minimum absolute atomic E-state index is 0.0178. The van der Waals surface area contributed by atoms with Gasteiger partial charge in [0, 0.05) is 12.1 Å². The lowest BCUT2D eigenvalue weighted by Gasteiger charge is -2.41. The highest BCUT2D eigenvalue weighted by atomic mass is 15.2. The van der Waals surface area contributed by atoms with E-state index in [4.69, 9.17) is 0 Å². The quantitative estimate of drug-likeness (QED) is 0.731. The van der Waals surface area contributed by atoms with E-state index in [-0.39, 0.29) is 5.54 Å². The van der Waals surface area contributed by atoms with Gasteiger partial charge in [0.25, 0.3) is 0 Å². The maximum atomic E-state index is 3.65. The van der Waals surface area contributed by atoms with Crippen LogP contribution in [0.5, 0.6) is 0 Å². The summed E-state index contributed by atoms with van der Waals surface area (Å²) < 4.78 is 0. The van der Waals surface area contributed by atoms with Gasteiger partial charge in [0.05, 0.1) is 5.54 Å². The van der Waals surface area contributed by atoms with Crippen molar-refractivity contribution in [1.82, 2.24) is 4.90 Å². The van der Waals surface area contributed by atoms with Crippen molar-refractivity contribution in [3.63, 3.8) is 0 Å². The minimum atomic E-state index is 0.0178. The Bertz CT molecular complexity index is 657. The fourth-order valence-electron chi connectivity index (χ4n) is 3.46. The molecule has 1 aliphatic carbocycles. The molecule has 0 heterocycles. The Morgan fingerprint density at radius 2 is 1.48 bits per heavy atom. The van der Waals surface area contributed by atoms with Gasteiger partial charge in [0.1, 0.15) is 0 Å². The van der Waals surface area contributed by atoms with Crippen LogP contribution in [0.2, 0.25) is 0 Å². The van der Waals surface area contributed by atoms with E-state index in [1.165, 1.54) is 37.7 Å². The molecule has 1 aliphatic rings. The van der Waals surface area contributed by atoms with Crippen LogP contribution in [0, 0.1) is 11.8 Å². The van der Waals surface area contributed by atoms with Crippen LogP contribution >= 0.6 is 0 Å². The summed E-state index contributed by atoms with van der Waals surface area (Å²) in [6.45, 7) is 0.963. The highest BCUT2D eigenvalue weighted by Gasteiger charge is 2.34. The molecule has 1 nitrogen and oxygen atoms in total. The molecule has 0 saturated heterocycles. The molecule has 0 N–H and O–H groups in total. The van der Waals surface area contributed by atoms with Crippen molar-refractivity contribution >= 4 is 0 Å². The lowest BCUT2D eigenvalue weighted by atomic mass is 9.80. The third kappa shape index (κ3) is 4.03. The lowest BCUT2D eigenvalue weighted by Crippen LogP contribution is -2.46. The van der Waals surface area contributed by atoms with E-state index in [0.717, 1.165) is 12.1 Å². The Hall–Kier alpha value is -2.04. The second kappa shape index (κ2) is 7.49. The molecule has 1 saturated carbocycles. The van der Waals surface area contributed by atoms with E-state index in [9.17, 15) is 0 Å². The monoisotopic (exact) mass is 303 g/mol. The molecule has 0 bridgehead atoms. The van der Waals surface area contributed by atoms with Gasteiger partial charge in [-0.05, 0) is 37.6 Å². The smallest absolute Gasteiger partial charge is 0.0829 e. The molecule has 118 valence electrons. The highest BCUT2D eigenvalue weighted by Crippen LogP contribution is 2.33. The Labute approximate surface area is 140 Å². The molecule has 23 heavy (non-hydrogen) atoms. The number of nitrogens with zero attached hydrogens (tertiary/aromatic N) is 1. The van der Waals surface area contributed by atoms with Crippen molar-refractivity contribution in [3.8, 4) is 11.8 Å². The molecule has 0 aromatic heterocycles. The van der Waals surface area contributed by atoms with Gasteiger partial charge in [-0.3, -0.25) is 4.90 Å². The summed E-state index contributed by atoms with van der Waals surface area (Å²) in [6, 6.07) is 21.1. The molecule has 2 aromatic rings. The first-order valence-corrected chi connectivity index (χ1v) is 8.62. The fourth-order valence-corrected chi connectivity index (χ4v) is 3.46. The predicted octanol–water partition coefficient (Wildman–Crippen LogP) is 4.87. The third-order valence-corrected chi connectivity index (χ3v) is 4.89. The van der Waals surface area contributed by atoms with Crippen LogP contribution in [-0.4, -0.2) is 17.5 Å². The molecule has 2 aromatic carbocycles. The number of benzene rings is 2. The maximum Gasteiger partial charge on any atom is 0.0829 e. The van der Waals surface area contributed by atoms with Gasteiger partial charge < -0.3 is 0 Å². The van der Waals surface area contributed by atoms with Crippen LogP contribution in [0.15, 0.2) is 60.7 Å². The largest absolute Gasteiger partial charge is 0.286 e. The van der Waals surface area contributed by atoms with Crippen LogP contribution < -0.4 is 0 Å². The average Bonchev–Trinajstić information content (AvgIpc) is 2.62. The van der Waals surface area contributed by atoms with Crippen LogP contribution in [0.1, 0.15) is 43.2 Å². The Morgan fingerprint density at radius 3 is 2.13 bits per heavy atom. The zero-order valence-corrected chi connectivity index (χ0v) is 14.0. The first kappa shape index (κ1) is 15.8. The van der Waals surface area contributed by atoms with Gasteiger partial charge in [0.2, 0.25) is 0 Å². The number of hydrogen-bond donors (Lipinski definition) is 0. The topological polar surface area (TPSA) is 3.24 Å². The highest BCUT2D eigenvalue weighted by molar-refractivity contribution is 5.37. The molecule has 0 amide bonds. The normalized spacial score (nSPS) is 16.6. The van der Waals surface area contributed by atoms with Crippen LogP contribution in [0.25, 0.3) is 0 Å². The molecular weight excluding hydrogens is 278 g/mol. The SMILES string of the molecule is CN(Cc1ccccc1)C1(C#Cc2ccccc2)CCCCC1. The zero-order chi connectivity index (χ0) is 16.0. The second-order valence-electron chi connectivity index (χ2n) is 6.55. The van der Waals surface area contributed by atoms with Crippen molar-refractivity contribution in [2.75, 3.05) is 7.05 Å². The Balaban J connectivity index is 1.83. The molecule has 0 spiro atoms. The lowest BCUT2D eigenvalue weighted by molar-refractivity contribution is 0.122. The molecule has 3 rings (SSSR count). The van der Waals surface area contributed by atoms with Crippen molar-refractivity contribution < 1.29 is 0 Å². The second-order valence-corrected chi connectivity index (χ2v) is 6.55. The number of rotatable bonds is 3. The zero-order valence-electron chi connectivity index (χ0n) is 14.0. The predicted molar refractivity (Wildman–Crippen MR) is 97.0 cm³/mol. The van der Waals surface area contributed by atoms with E-state index < -0.39 is 0 Å². The van der Waals surface area contributed by atoms with Gasteiger partial charge in [-0.15, -0.1) is 0 Å². The summed E-state index contributed by atoms with van der Waals surface area (Å²) in [5, 5.41) is 0. The minimum Gasteiger partial charge on any atom is -0.286 e. The van der Waals surface area contributed by atoms with Crippen LogP contribution in [0.3, 0.4) is 0 Å². The molecule has 0 atom stereocenters. The molecule has 0 unspecified atom stereocenters. The fraction of sp³-hybridized carbons (Fsp3) is 0.364. The van der Waals surface area contributed by atoms with Gasteiger partial charge in [-0.2, -0.15) is 0 Å². The summed E-state index contributed by atoms with van der Waals surface area (Å²) in [4.78, 5) is 2.47. The molecule has 1 fully saturated rings. The van der Waals surface area contributed by atoms with Crippen LogP contribution in [-0.2, 0) is 6.54 Å². The van der Waals surface area contributed by atoms with Gasteiger partial charge >= 0.3 is 0 Å². The third-order valence-electron chi connectivity index (χ3n) is 4.89. The Morgan fingerprint density at radius 1 is 0.870 bits per heavy atom. The van der Waals surface area contributed by atoms with Crippen molar-refractivity contribution in [2.45, 2.75) is 44.2 Å². The van der Waals surface area contributed by atoms with Crippen molar-refractivity contribution in [1.29, 1.82) is 0 Å². The molecule has 1 heteroatoms. The average molecular weight is 303 g/mol. The number of hydrogen-bond acceptors (Lipinski definition) is 1. The standard InChI is InChI=1S/C22H25N/c1-23(19-21-13-7-3-8-14-21)22(16-9-4-10-17-22)18-15-20-11-5-2-6-12-20/h2-3,5-8,11-14H,4,9-10,16-17,19H2,1H3. The summed E-state index contributed by atoms with van der Waals surface area (Å²) in [6.07, 6.45) is 6.26. The summed E-state index contributed by atoms with van der Waals surface area (Å²) >= 11 is 0. The van der Waals surface area contributed by atoms with E-state index in [2.05, 4.69) is 78.4 Å². The summed E-state index contributed by atoms with van der Waals surface area (Å²) in [5.41, 5.74) is 2.50. The molecule has 0 aliphatic heterocycles. The van der Waals surface area contributed by atoms with Gasteiger partial charge in [-0.25, -0.2) is 0 Å². The van der Waals surface area contributed by atoms with Gasteiger partial charge in [-0.1, -0.05) is 79.6 Å². The first-order valence-electron chi connectivity index (χ1n) is 8.62. The molecular formula is C22H25N. The maximum absolute atomic E-state index is 3.65. The van der Waals surface area contributed by atoms with E-state index >= 15 is 0 Å².